The smallest absolute Gasteiger partial charge is 0.248 e. The van der Waals surface area contributed by atoms with Crippen molar-refractivity contribution in [1.29, 1.82) is 5.26 Å². The molecular formula is C13H15N5O2S. The molecule has 1 heterocycles. The zero-order valence-electron chi connectivity index (χ0n) is 11.4. The number of anilines is 1. The summed E-state index contributed by atoms with van der Waals surface area (Å²) in [5.74, 6) is 0.00187. The predicted octanol–water partition coefficient (Wildman–Crippen LogP) is 1.07. The van der Waals surface area contributed by atoms with E-state index in [0.717, 1.165) is 0 Å². The number of rotatable bonds is 5. The second-order valence-corrected chi connectivity index (χ2v) is 6.25. The number of sulfonamides is 1. The van der Waals surface area contributed by atoms with Gasteiger partial charge in [-0.25, -0.2) is 8.42 Å². The minimum atomic E-state index is -3.76. The van der Waals surface area contributed by atoms with Crippen molar-refractivity contribution in [1.82, 2.24) is 14.5 Å². The molecule has 0 aliphatic heterocycles. The van der Waals surface area contributed by atoms with Crippen molar-refractivity contribution in [2.75, 3.05) is 12.3 Å². The highest BCUT2D eigenvalue weighted by atomic mass is 32.2. The summed E-state index contributed by atoms with van der Waals surface area (Å²) >= 11 is 0. The van der Waals surface area contributed by atoms with Gasteiger partial charge in [0, 0.05) is 13.1 Å². The number of benzene rings is 1. The zero-order valence-corrected chi connectivity index (χ0v) is 12.3. The Hall–Kier alpha value is -2.37. The van der Waals surface area contributed by atoms with Crippen molar-refractivity contribution in [3.05, 3.63) is 41.6 Å². The van der Waals surface area contributed by atoms with Gasteiger partial charge in [0.15, 0.2) is 0 Å². The molecule has 1 aromatic carbocycles. The Morgan fingerprint density at radius 2 is 2.14 bits per heavy atom. The SMILES string of the molecule is CCN(Cc1ccccc1C#N)S(=O)(=O)c1cn[nH]c1N. The van der Waals surface area contributed by atoms with Gasteiger partial charge in [-0.3, -0.25) is 5.10 Å². The zero-order chi connectivity index (χ0) is 15.5. The Morgan fingerprint density at radius 1 is 1.43 bits per heavy atom. The molecule has 110 valence electrons. The second kappa shape index (κ2) is 5.95. The van der Waals surface area contributed by atoms with Crippen LogP contribution in [0.15, 0.2) is 35.4 Å². The fourth-order valence-electron chi connectivity index (χ4n) is 1.95. The Balaban J connectivity index is 2.37. The number of aromatic nitrogens is 2. The third kappa shape index (κ3) is 2.89. The minimum absolute atomic E-state index is 0.00187. The Kier molecular flexibility index (Phi) is 4.26. The van der Waals surface area contributed by atoms with Crippen LogP contribution in [0.4, 0.5) is 5.82 Å². The van der Waals surface area contributed by atoms with Crippen molar-refractivity contribution in [3.8, 4) is 6.07 Å². The van der Waals surface area contributed by atoms with Gasteiger partial charge in [0.2, 0.25) is 10.0 Å². The summed E-state index contributed by atoms with van der Waals surface area (Å²) < 4.78 is 26.4. The van der Waals surface area contributed by atoms with Gasteiger partial charge in [-0.15, -0.1) is 0 Å². The first-order chi connectivity index (χ1) is 10.0. The lowest BCUT2D eigenvalue weighted by atomic mass is 10.1. The average Bonchev–Trinajstić information content (AvgIpc) is 2.91. The molecule has 1 aromatic heterocycles. The van der Waals surface area contributed by atoms with Gasteiger partial charge in [-0.1, -0.05) is 25.1 Å². The first-order valence-electron chi connectivity index (χ1n) is 6.27. The summed E-state index contributed by atoms with van der Waals surface area (Å²) in [6, 6.07) is 8.95. The minimum Gasteiger partial charge on any atom is -0.383 e. The summed E-state index contributed by atoms with van der Waals surface area (Å²) in [4.78, 5) is -0.0567. The largest absolute Gasteiger partial charge is 0.383 e. The molecule has 0 amide bonds. The second-order valence-electron chi connectivity index (χ2n) is 4.35. The quantitative estimate of drug-likeness (QED) is 0.857. The summed E-state index contributed by atoms with van der Waals surface area (Å²) in [6.07, 6.45) is 1.18. The van der Waals surface area contributed by atoms with Gasteiger partial charge in [0.25, 0.3) is 0 Å². The normalized spacial score (nSPS) is 11.5. The van der Waals surface area contributed by atoms with Crippen LogP contribution in [-0.4, -0.2) is 29.5 Å². The van der Waals surface area contributed by atoms with E-state index in [4.69, 9.17) is 11.0 Å². The molecule has 21 heavy (non-hydrogen) atoms. The highest BCUT2D eigenvalue weighted by Gasteiger charge is 2.27. The first-order valence-corrected chi connectivity index (χ1v) is 7.71. The van der Waals surface area contributed by atoms with Crippen molar-refractivity contribution in [2.45, 2.75) is 18.4 Å². The van der Waals surface area contributed by atoms with Crippen molar-refractivity contribution in [3.63, 3.8) is 0 Å². The fourth-order valence-corrected chi connectivity index (χ4v) is 3.39. The summed E-state index contributed by atoms with van der Waals surface area (Å²) in [5.41, 5.74) is 6.69. The molecule has 0 aliphatic rings. The number of nitrogens with one attached hydrogen (secondary N) is 1. The van der Waals surface area contributed by atoms with Gasteiger partial charge < -0.3 is 5.73 Å². The Bertz CT molecular complexity index is 776. The van der Waals surface area contributed by atoms with Crippen LogP contribution in [0.2, 0.25) is 0 Å². The highest BCUT2D eigenvalue weighted by molar-refractivity contribution is 7.89. The molecule has 2 rings (SSSR count). The lowest BCUT2D eigenvalue weighted by molar-refractivity contribution is 0.423. The van der Waals surface area contributed by atoms with Gasteiger partial charge in [-0.05, 0) is 11.6 Å². The van der Waals surface area contributed by atoms with E-state index >= 15 is 0 Å². The maximum Gasteiger partial charge on any atom is 0.248 e. The van der Waals surface area contributed by atoms with Crippen LogP contribution in [-0.2, 0) is 16.6 Å². The third-order valence-electron chi connectivity index (χ3n) is 3.09. The van der Waals surface area contributed by atoms with Crippen molar-refractivity contribution >= 4 is 15.8 Å². The molecule has 0 spiro atoms. The van der Waals surface area contributed by atoms with Crippen LogP contribution >= 0.6 is 0 Å². The third-order valence-corrected chi connectivity index (χ3v) is 5.04. The lowest BCUT2D eigenvalue weighted by Crippen LogP contribution is -2.31. The highest BCUT2D eigenvalue weighted by Crippen LogP contribution is 2.22. The number of H-pyrrole nitrogens is 1. The van der Waals surface area contributed by atoms with Crippen LogP contribution in [0.3, 0.4) is 0 Å². The van der Waals surface area contributed by atoms with Crippen LogP contribution in [0.1, 0.15) is 18.1 Å². The van der Waals surface area contributed by atoms with E-state index in [0.29, 0.717) is 11.1 Å². The van der Waals surface area contributed by atoms with Crippen LogP contribution in [0.5, 0.6) is 0 Å². The molecule has 0 saturated heterocycles. The fraction of sp³-hybridized carbons (Fsp3) is 0.231. The van der Waals surface area contributed by atoms with Gasteiger partial charge in [0.05, 0.1) is 17.8 Å². The van der Waals surface area contributed by atoms with Crippen LogP contribution < -0.4 is 5.73 Å². The van der Waals surface area contributed by atoms with E-state index in [9.17, 15) is 8.42 Å². The number of aromatic amines is 1. The van der Waals surface area contributed by atoms with Gasteiger partial charge >= 0.3 is 0 Å². The monoisotopic (exact) mass is 305 g/mol. The summed E-state index contributed by atoms with van der Waals surface area (Å²) in [7, 11) is -3.76. The first kappa shape index (κ1) is 15.0. The standard InChI is InChI=1S/C13H15N5O2S/c1-2-18(9-11-6-4-3-5-10(11)7-14)21(19,20)12-8-16-17-13(12)15/h3-6,8H,2,9H2,1H3,(H3,15,16,17). The molecule has 0 saturated carbocycles. The van der Waals surface area contributed by atoms with E-state index in [2.05, 4.69) is 16.3 Å². The lowest BCUT2D eigenvalue weighted by Gasteiger charge is -2.20. The van der Waals surface area contributed by atoms with Crippen molar-refractivity contribution in [2.24, 2.45) is 0 Å². The van der Waals surface area contributed by atoms with Gasteiger partial charge in [-0.2, -0.15) is 14.7 Å². The topological polar surface area (TPSA) is 116 Å². The number of hydrogen-bond donors (Lipinski definition) is 2. The predicted molar refractivity (Wildman–Crippen MR) is 77.4 cm³/mol. The number of nitrogens with zero attached hydrogens (tertiary/aromatic N) is 3. The average molecular weight is 305 g/mol. The molecule has 7 nitrogen and oxygen atoms in total. The summed E-state index contributed by atoms with van der Waals surface area (Å²) in [5, 5.41) is 15.1. The molecule has 3 N–H and O–H groups in total. The molecule has 2 aromatic rings. The van der Waals surface area contributed by atoms with E-state index in [-0.39, 0.29) is 23.8 Å². The number of nitriles is 1. The van der Waals surface area contributed by atoms with Gasteiger partial charge in [0.1, 0.15) is 10.7 Å². The van der Waals surface area contributed by atoms with E-state index in [1.165, 1.54) is 10.5 Å². The van der Waals surface area contributed by atoms with E-state index in [1.807, 2.05) is 0 Å². The number of hydrogen-bond acceptors (Lipinski definition) is 5. The van der Waals surface area contributed by atoms with E-state index < -0.39 is 10.0 Å². The van der Waals surface area contributed by atoms with Crippen LogP contribution in [0.25, 0.3) is 0 Å². The number of nitrogens with two attached hydrogens (primary N) is 1. The molecule has 0 unspecified atom stereocenters. The molecule has 0 radical (unpaired) electrons. The molecule has 0 aliphatic carbocycles. The Labute approximate surface area is 123 Å². The molecule has 0 bridgehead atoms. The molecular weight excluding hydrogens is 290 g/mol. The molecule has 8 heteroatoms. The maximum absolute atomic E-state index is 12.6. The number of nitrogen functional groups attached to an aromatic ring is 1. The van der Waals surface area contributed by atoms with Crippen LogP contribution in [0, 0.1) is 11.3 Å². The molecule has 0 fully saturated rings. The Morgan fingerprint density at radius 3 is 2.71 bits per heavy atom. The maximum atomic E-state index is 12.6. The van der Waals surface area contributed by atoms with E-state index in [1.54, 1.807) is 31.2 Å². The summed E-state index contributed by atoms with van der Waals surface area (Å²) in [6.45, 7) is 2.09. The molecule has 0 atom stereocenters. The van der Waals surface area contributed by atoms with Crippen molar-refractivity contribution < 1.29 is 8.42 Å².